The van der Waals surface area contributed by atoms with Gasteiger partial charge in [0.1, 0.15) is 11.9 Å². The molecule has 9 heteroatoms. The van der Waals surface area contributed by atoms with Gasteiger partial charge in [0, 0.05) is 50.2 Å². The summed E-state index contributed by atoms with van der Waals surface area (Å²) in [6, 6.07) is 8.67. The molecule has 304 valence electrons. The van der Waals surface area contributed by atoms with Crippen molar-refractivity contribution in [2.75, 3.05) is 13.1 Å². The normalized spacial score (nSPS) is 39.8. The number of rotatable bonds is 10. The highest BCUT2D eigenvalue weighted by atomic mass is 35.5. The Labute approximate surface area is 341 Å². The van der Waals surface area contributed by atoms with Crippen molar-refractivity contribution in [2.24, 2.45) is 51.2 Å². The van der Waals surface area contributed by atoms with Gasteiger partial charge in [0.05, 0.1) is 18.2 Å². The zero-order valence-electron chi connectivity index (χ0n) is 33.9. The Balaban J connectivity index is 1.15. The predicted molar refractivity (Wildman–Crippen MR) is 220 cm³/mol. The van der Waals surface area contributed by atoms with Crippen molar-refractivity contribution in [1.29, 1.82) is 0 Å². The summed E-state index contributed by atoms with van der Waals surface area (Å²) in [5.41, 5.74) is -2.33. The average Bonchev–Trinajstić information content (AvgIpc) is 3.77. The van der Waals surface area contributed by atoms with Crippen LogP contribution in [0.3, 0.4) is 0 Å². The van der Waals surface area contributed by atoms with E-state index >= 15 is 4.39 Å². The van der Waals surface area contributed by atoms with E-state index in [-0.39, 0.29) is 58.8 Å². The van der Waals surface area contributed by atoms with Crippen LogP contribution in [-0.2, 0) is 22.4 Å². The second-order valence-corrected chi connectivity index (χ2v) is 21.0. The largest absolute Gasteiger partial charge is 0.446 e. The van der Waals surface area contributed by atoms with Gasteiger partial charge in [-0.3, -0.25) is 4.79 Å². The van der Waals surface area contributed by atoms with Gasteiger partial charge in [-0.1, -0.05) is 83.0 Å². The zero-order valence-corrected chi connectivity index (χ0v) is 35.4. The molecule has 11 atom stereocenters. The van der Waals surface area contributed by atoms with Crippen LogP contribution in [0.1, 0.15) is 109 Å². The Hall–Kier alpha value is -2.52. The van der Waals surface area contributed by atoms with E-state index in [1.165, 1.54) is 10.9 Å². The summed E-state index contributed by atoms with van der Waals surface area (Å²) < 4.78 is 21.7. The van der Waals surface area contributed by atoms with Crippen LogP contribution in [0.2, 0.25) is 5.02 Å². The second kappa shape index (κ2) is 14.6. The van der Waals surface area contributed by atoms with E-state index in [0.29, 0.717) is 62.0 Å². The highest BCUT2D eigenvalue weighted by molar-refractivity contribution is 7.09. The summed E-state index contributed by atoms with van der Waals surface area (Å²) in [5, 5.41) is 26.6. The Morgan fingerprint density at radius 2 is 1.77 bits per heavy atom. The maximum absolute atomic E-state index is 15.2. The summed E-state index contributed by atoms with van der Waals surface area (Å²) in [6.07, 6.45) is 14.2. The first-order valence-corrected chi connectivity index (χ1v) is 22.6. The third-order valence-electron chi connectivity index (χ3n) is 16.5. The van der Waals surface area contributed by atoms with Crippen molar-refractivity contribution in [2.45, 2.75) is 129 Å². The molecule has 1 heterocycles. The Morgan fingerprint density at radius 3 is 2.50 bits per heavy atom. The molecule has 9 rings (SSSR count). The van der Waals surface area contributed by atoms with E-state index in [1.54, 1.807) is 28.4 Å². The van der Waals surface area contributed by atoms with E-state index in [4.69, 9.17) is 16.3 Å². The average molecular weight is 807 g/mol. The van der Waals surface area contributed by atoms with Gasteiger partial charge >= 0.3 is 6.09 Å². The lowest BCUT2D eigenvalue weighted by molar-refractivity contribution is -0.178. The number of ketones is 1. The number of thiophene rings is 1. The molecule has 2 bridgehead atoms. The fourth-order valence-corrected chi connectivity index (χ4v) is 14.2. The molecule has 4 fully saturated rings. The van der Waals surface area contributed by atoms with E-state index in [2.05, 4.69) is 64.3 Å². The molecule has 7 aliphatic rings. The highest BCUT2D eigenvalue weighted by Gasteiger charge is 2.74. The van der Waals surface area contributed by atoms with Crippen molar-refractivity contribution < 1.29 is 28.9 Å². The monoisotopic (exact) mass is 805 g/mol. The number of hydrogen-bond acceptors (Lipinski definition) is 6. The number of aliphatic hydroxyl groups excluding tert-OH is 1. The van der Waals surface area contributed by atoms with Crippen LogP contribution in [0.25, 0.3) is 0 Å². The summed E-state index contributed by atoms with van der Waals surface area (Å²) in [6.45, 7) is 11.8. The summed E-state index contributed by atoms with van der Waals surface area (Å²) in [4.78, 5) is 32.3. The van der Waals surface area contributed by atoms with E-state index < -0.39 is 33.8 Å². The molecule has 1 amide bonds. The predicted octanol–water partition coefficient (Wildman–Crippen LogP) is 10.4. The van der Waals surface area contributed by atoms with Gasteiger partial charge < -0.3 is 19.8 Å². The van der Waals surface area contributed by atoms with Gasteiger partial charge in [-0.05, 0) is 123 Å². The molecule has 11 unspecified atom stereocenters. The zero-order chi connectivity index (χ0) is 39.8. The number of aliphatic hydroxyl groups is 2. The molecule has 4 saturated carbocycles. The Morgan fingerprint density at radius 1 is 1.02 bits per heavy atom. The van der Waals surface area contributed by atoms with E-state index in [0.717, 1.165) is 38.5 Å². The van der Waals surface area contributed by atoms with Crippen LogP contribution in [0, 0.1) is 57.1 Å². The molecule has 0 aliphatic heterocycles. The minimum absolute atomic E-state index is 0.0945. The highest BCUT2D eigenvalue weighted by Crippen LogP contribution is 2.78. The number of nitrogens with zero attached hydrogens (tertiary/aromatic N) is 1. The van der Waals surface area contributed by atoms with Crippen LogP contribution in [0.4, 0.5) is 9.18 Å². The molecule has 6 nitrogen and oxygen atoms in total. The molecule has 0 radical (unpaired) electrons. The van der Waals surface area contributed by atoms with Crippen LogP contribution in [0.5, 0.6) is 0 Å². The minimum Gasteiger partial charge on any atom is -0.446 e. The number of amides is 1. The van der Waals surface area contributed by atoms with Gasteiger partial charge in [0.2, 0.25) is 0 Å². The molecule has 7 aliphatic carbocycles. The van der Waals surface area contributed by atoms with Gasteiger partial charge in [-0.15, -0.1) is 11.3 Å². The maximum atomic E-state index is 15.2. The first-order valence-electron chi connectivity index (χ1n) is 21.3. The third kappa shape index (κ3) is 6.28. The standard InChI is InChI=1S/C47H61ClFNO5S/c1-29(2)33-12-11-30(3)24-39(33)55-42(53)50(22-16-32-8-7-23-56-32)28-46(54)19-15-41-44(46,5)18-14-40-43(4)17-13-31(51)26-45(43)20-21-47(40,41)35(27-45)38(52)25-34-36(48)9-6-10-37(34)49/h6-10,20-21,23,27,29-31,33,39-41,51,54H,11-19,22,24-26,28H2,1-5H3. The summed E-state index contributed by atoms with van der Waals surface area (Å²) in [5.74, 6) is 0.572. The lowest BCUT2D eigenvalue weighted by atomic mass is 9.32. The number of halogens is 2. The van der Waals surface area contributed by atoms with E-state index in [9.17, 15) is 19.8 Å². The molecule has 0 saturated heterocycles. The number of Topliss-reactive ketones (excluding diaryl/α,β-unsaturated/α-hetero) is 1. The third-order valence-corrected chi connectivity index (χ3v) is 17.8. The van der Waals surface area contributed by atoms with Crippen molar-refractivity contribution in [3.63, 3.8) is 0 Å². The number of hydrogen-bond donors (Lipinski definition) is 2. The molecular weight excluding hydrogens is 745 g/mol. The van der Waals surface area contributed by atoms with Gasteiger partial charge in [0.15, 0.2) is 5.78 Å². The van der Waals surface area contributed by atoms with Crippen LogP contribution in [-0.4, -0.2) is 57.9 Å². The van der Waals surface area contributed by atoms with Gasteiger partial charge in [0.25, 0.3) is 0 Å². The summed E-state index contributed by atoms with van der Waals surface area (Å²) >= 11 is 8.19. The first-order chi connectivity index (χ1) is 26.6. The van der Waals surface area contributed by atoms with Crippen molar-refractivity contribution in [1.82, 2.24) is 4.90 Å². The molecule has 2 spiro atoms. The topological polar surface area (TPSA) is 87.1 Å². The van der Waals surface area contributed by atoms with Crippen molar-refractivity contribution in [3.05, 3.63) is 80.8 Å². The number of allylic oxidation sites excluding steroid dienone is 4. The van der Waals surface area contributed by atoms with Crippen LogP contribution < -0.4 is 0 Å². The fraction of sp³-hybridized carbons (Fsp3) is 0.660. The molecule has 56 heavy (non-hydrogen) atoms. The summed E-state index contributed by atoms with van der Waals surface area (Å²) in [7, 11) is 0. The Kier molecular flexibility index (Phi) is 10.5. The van der Waals surface area contributed by atoms with Crippen LogP contribution in [0.15, 0.2) is 59.5 Å². The fourth-order valence-electron chi connectivity index (χ4n) is 13.3. The van der Waals surface area contributed by atoms with Crippen molar-refractivity contribution in [3.8, 4) is 0 Å². The SMILES string of the molecule is CC1CCC(C(C)C)C(OC(=O)N(CCc2cccs2)CC2(O)CCC3C45C=CC6(C=C4C(=O)Cc4c(F)cccc4Cl)CC(O)CCC6(C)C5CCC32C)C1. The molecular formula is C47H61ClFNO5S. The number of ether oxygens (including phenoxy) is 1. The lowest BCUT2D eigenvalue weighted by Gasteiger charge is -2.71. The Bertz CT molecular complexity index is 1880. The van der Waals surface area contributed by atoms with E-state index in [1.807, 2.05) is 6.07 Å². The quantitative estimate of drug-likeness (QED) is 0.234. The second-order valence-electron chi connectivity index (χ2n) is 19.6. The molecule has 1 aromatic carbocycles. The number of carbonyl (C=O) groups is 2. The minimum atomic E-state index is -1.23. The molecule has 2 aromatic rings. The number of fused-ring (bicyclic) bond motifs is 1. The number of carbonyl (C=O) groups excluding carboxylic acids is 2. The molecule has 2 N–H and O–H groups in total. The molecule has 1 aromatic heterocycles. The maximum Gasteiger partial charge on any atom is 0.410 e. The smallest absolute Gasteiger partial charge is 0.410 e. The van der Waals surface area contributed by atoms with Gasteiger partial charge in [-0.25, -0.2) is 9.18 Å². The van der Waals surface area contributed by atoms with Crippen molar-refractivity contribution >= 4 is 34.8 Å². The first kappa shape index (κ1) is 40.3. The lowest BCUT2D eigenvalue weighted by Crippen LogP contribution is -2.67. The van der Waals surface area contributed by atoms with Gasteiger partial charge in [-0.2, -0.15) is 0 Å². The van der Waals surface area contributed by atoms with Crippen LogP contribution >= 0.6 is 22.9 Å². The number of benzene rings is 1.